The number of carbonyl (C=O) groups excluding carboxylic acids is 1. The molecule has 2 atom stereocenters. The van der Waals surface area contributed by atoms with E-state index in [2.05, 4.69) is 17.1 Å². The van der Waals surface area contributed by atoms with E-state index in [1.807, 2.05) is 24.3 Å². The molecule has 5 rings (SSSR count). The molecular weight excluding hydrogens is 348 g/mol. The number of piperidine rings is 3. The third-order valence-electron chi connectivity index (χ3n) is 5.62. The number of hydrogen-bond donors (Lipinski definition) is 1. The number of amides is 1. The molecular formula is C21H23ClN2O2. The van der Waals surface area contributed by atoms with Crippen LogP contribution in [-0.4, -0.2) is 36.0 Å². The maximum absolute atomic E-state index is 12.7. The summed E-state index contributed by atoms with van der Waals surface area (Å²) >= 11 is 5.97. The van der Waals surface area contributed by atoms with Gasteiger partial charge in [0, 0.05) is 22.7 Å². The molecule has 0 radical (unpaired) electrons. The first-order valence-corrected chi connectivity index (χ1v) is 9.56. The summed E-state index contributed by atoms with van der Waals surface area (Å²) in [5.74, 6) is 1.95. The number of hydrogen-bond acceptors (Lipinski definition) is 3. The molecule has 3 aliphatic heterocycles. The van der Waals surface area contributed by atoms with Crippen molar-refractivity contribution in [3.05, 3.63) is 59.1 Å². The number of fused-ring (bicyclic) bond motifs is 3. The lowest BCUT2D eigenvalue weighted by molar-refractivity contribution is 0.0217. The lowest BCUT2D eigenvalue weighted by Gasteiger charge is -2.49. The second kappa shape index (κ2) is 7.29. The molecule has 4 nitrogen and oxygen atoms in total. The molecule has 2 aromatic rings. The molecule has 3 saturated heterocycles. The van der Waals surface area contributed by atoms with Crippen LogP contribution in [0.2, 0.25) is 5.02 Å². The van der Waals surface area contributed by atoms with Crippen LogP contribution in [0.15, 0.2) is 48.5 Å². The van der Waals surface area contributed by atoms with Crippen LogP contribution in [0.25, 0.3) is 0 Å². The number of carbonyl (C=O) groups is 1. The first-order valence-electron chi connectivity index (χ1n) is 9.18. The molecule has 3 aliphatic rings. The standard InChI is InChI=1S/C21H23ClN2O2/c1-14-20(15-9-11-24(14)12-10-15)23-21(25)16-5-7-18(8-6-16)26-19-4-2-3-17(22)13-19/h2-8,13-15,20H,9-12H2,1H3,(H,23,25). The third-order valence-corrected chi connectivity index (χ3v) is 5.86. The highest BCUT2D eigenvalue weighted by Crippen LogP contribution is 2.32. The zero-order valence-corrected chi connectivity index (χ0v) is 15.6. The van der Waals surface area contributed by atoms with Crippen LogP contribution in [0.5, 0.6) is 11.5 Å². The van der Waals surface area contributed by atoms with Gasteiger partial charge in [0.2, 0.25) is 0 Å². The zero-order valence-electron chi connectivity index (χ0n) is 14.8. The van der Waals surface area contributed by atoms with Crippen molar-refractivity contribution in [1.29, 1.82) is 0 Å². The summed E-state index contributed by atoms with van der Waals surface area (Å²) in [4.78, 5) is 15.1. The largest absolute Gasteiger partial charge is 0.457 e. The fourth-order valence-electron chi connectivity index (χ4n) is 4.12. The average molecular weight is 371 g/mol. The van der Waals surface area contributed by atoms with E-state index < -0.39 is 0 Å². The van der Waals surface area contributed by atoms with E-state index in [9.17, 15) is 4.79 Å². The molecule has 5 heteroatoms. The SMILES string of the molecule is CC1C(NC(=O)c2ccc(Oc3cccc(Cl)c3)cc2)C2CCN1CC2. The first-order chi connectivity index (χ1) is 12.6. The Kier molecular flexibility index (Phi) is 4.88. The van der Waals surface area contributed by atoms with E-state index in [0.717, 1.165) is 13.1 Å². The van der Waals surface area contributed by atoms with Crippen molar-refractivity contribution in [3.63, 3.8) is 0 Å². The lowest BCUT2D eigenvalue weighted by atomic mass is 9.79. The van der Waals surface area contributed by atoms with Gasteiger partial charge in [-0.2, -0.15) is 0 Å². The van der Waals surface area contributed by atoms with Crippen LogP contribution in [0.3, 0.4) is 0 Å². The number of benzene rings is 2. The number of nitrogens with zero attached hydrogens (tertiary/aromatic N) is 1. The summed E-state index contributed by atoms with van der Waals surface area (Å²) < 4.78 is 5.78. The Morgan fingerprint density at radius 3 is 2.50 bits per heavy atom. The molecule has 3 fully saturated rings. The van der Waals surface area contributed by atoms with Crippen molar-refractivity contribution in [2.45, 2.75) is 31.8 Å². The molecule has 0 spiro atoms. The average Bonchev–Trinajstić information content (AvgIpc) is 2.65. The van der Waals surface area contributed by atoms with E-state index in [1.165, 1.54) is 12.8 Å². The Balaban J connectivity index is 1.41. The minimum absolute atomic E-state index is 0.00935. The van der Waals surface area contributed by atoms with Crippen molar-refractivity contribution >= 4 is 17.5 Å². The molecule has 0 aliphatic carbocycles. The fraction of sp³-hybridized carbons (Fsp3) is 0.381. The number of ether oxygens (including phenoxy) is 1. The van der Waals surface area contributed by atoms with Crippen molar-refractivity contribution in [2.75, 3.05) is 13.1 Å². The Morgan fingerprint density at radius 1 is 1.12 bits per heavy atom. The Morgan fingerprint density at radius 2 is 1.85 bits per heavy atom. The summed E-state index contributed by atoms with van der Waals surface area (Å²) in [5, 5.41) is 3.88. The normalized spacial score (nSPS) is 27.2. The van der Waals surface area contributed by atoms with E-state index in [1.54, 1.807) is 24.3 Å². The Bertz CT molecular complexity index is 783. The van der Waals surface area contributed by atoms with Gasteiger partial charge in [-0.3, -0.25) is 9.69 Å². The maximum Gasteiger partial charge on any atom is 0.251 e. The van der Waals surface area contributed by atoms with Crippen LogP contribution in [0.4, 0.5) is 0 Å². The minimum Gasteiger partial charge on any atom is -0.457 e. The molecule has 3 heterocycles. The van der Waals surface area contributed by atoms with Crippen molar-refractivity contribution in [2.24, 2.45) is 5.92 Å². The van der Waals surface area contributed by atoms with E-state index in [0.29, 0.717) is 34.0 Å². The maximum atomic E-state index is 12.7. The van der Waals surface area contributed by atoms with Gasteiger partial charge in [-0.05, 0) is 81.2 Å². The quantitative estimate of drug-likeness (QED) is 0.870. The summed E-state index contributed by atoms with van der Waals surface area (Å²) in [7, 11) is 0. The first kappa shape index (κ1) is 17.4. The van der Waals surface area contributed by atoms with Gasteiger partial charge in [0.05, 0.1) is 0 Å². The summed E-state index contributed by atoms with van der Waals surface area (Å²) in [6.45, 7) is 4.54. The number of nitrogens with one attached hydrogen (secondary N) is 1. The second-order valence-electron chi connectivity index (χ2n) is 7.20. The predicted molar refractivity (Wildman–Crippen MR) is 103 cm³/mol. The van der Waals surface area contributed by atoms with E-state index in [4.69, 9.17) is 16.3 Å². The predicted octanol–water partition coefficient (Wildman–Crippen LogP) is 4.34. The monoisotopic (exact) mass is 370 g/mol. The molecule has 2 bridgehead atoms. The van der Waals surface area contributed by atoms with Gasteiger partial charge in [0.1, 0.15) is 11.5 Å². The molecule has 2 aromatic carbocycles. The van der Waals surface area contributed by atoms with Gasteiger partial charge in [-0.25, -0.2) is 0 Å². The van der Waals surface area contributed by atoms with Crippen molar-refractivity contribution in [3.8, 4) is 11.5 Å². The number of rotatable bonds is 4. The van der Waals surface area contributed by atoms with E-state index in [-0.39, 0.29) is 11.9 Å². The topological polar surface area (TPSA) is 41.6 Å². The van der Waals surface area contributed by atoms with Gasteiger partial charge in [0.15, 0.2) is 0 Å². The summed E-state index contributed by atoms with van der Waals surface area (Å²) in [6, 6.07) is 15.2. The third kappa shape index (κ3) is 3.57. The second-order valence-corrected chi connectivity index (χ2v) is 7.63. The smallest absolute Gasteiger partial charge is 0.251 e. The van der Waals surface area contributed by atoms with Crippen LogP contribution in [0, 0.1) is 5.92 Å². The Labute approximate surface area is 159 Å². The number of halogens is 1. The molecule has 1 N–H and O–H groups in total. The van der Waals surface area contributed by atoms with Gasteiger partial charge < -0.3 is 10.1 Å². The van der Waals surface area contributed by atoms with Crippen molar-refractivity contribution in [1.82, 2.24) is 10.2 Å². The Hall–Kier alpha value is -2.04. The van der Waals surface area contributed by atoms with Gasteiger partial charge >= 0.3 is 0 Å². The molecule has 0 saturated carbocycles. The van der Waals surface area contributed by atoms with Gasteiger partial charge in [-0.1, -0.05) is 17.7 Å². The minimum atomic E-state index is -0.00935. The highest BCUT2D eigenvalue weighted by atomic mass is 35.5. The fourth-order valence-corrected chi connectivity index (χ4v) is 4.30. The van der Waals surface area contributed by atoms with Crippen LogP contribution in [0.1, 0.15) is 30.1 Å². The van der Waals surface area contributed by atoms with Crippen LogP contribution in [-0.2, 0) is 0 Å². The summed E-state index contributed by atoms with van der Waals surface area (Å²) in [5.41, 5.74) is 0.659. The molecule has 1 amide bonds. The summed E-state index contributed by atoms with van der Waals surface area (Å²) in [6.07, 6.45) is 2.36. The molecule has 0 aromatic heterocycles. The highest BCUT2D eigenvalue weighted by molar-refractivity contribution is 6.30. The zero-order chi connectivity index (χ0) is 18.1. The van der Waals surface area contributed by atoms with Crippen LogP contribution >= 0.6 is 11.6 Å². The molecule has 2 unspecified atom stereocenters. The van der Waals surface area contributed by atoms with Crippen molar-refractivity contribution < 1.29 is 9.53 Å². The van der Waals surface area contributed by atoms with Crippen LogP contribution < -0.4 is 10.1 Å². The molecule has 136 valence electrons. The van der Waals surface area contributed by atoms with E-state index >= 15 is 0 Å². The lowest BCUT2D eigenvalue weighted by Crippen LogP contribution is -2.62. The highest BCUT2D eigenvalue weighted by Gasteiger charge is 2.40. The van der Waals surface area contributed by atoms with Gasteiger partial charge in [-0.15, -0.1) is 0 Å². The molecule has 26 heavy (non-hydrogen) atoms. The van der Waals surface area contributed by atoms with Gasteiger partial charge in [0.25, 0.3) is 5.91 Å².